The van der Waals surface area contributed by atoms with Crippen LogP contribution in [-0.4, -0.2) is 54.2 Å². The SMILES string of the molecule is Cc1nc(C(=O)NCCN2CC3CCC(C2)O3)c(C)s1. The zero-order valence-electron chi connectivity index (χ0n) is 12.0. The molecule has 1 N–H and O–H groups in total. The maximum atomic E-state index is 12.1. The first-order valence-corrected chi connectivity index (χ1v) is 8.03. The number of likely N-dealkylation sites (tertiary alicyclic amines) is 1. The van der Waals surface area contributed by atoms with Gasteiger partial charge in [0.2, 0.25) is 0 Å². The third-order valence-electron chi connectivity index (χ3n) is 3.95. The molecule has 0 aromatic carbocycles. The lowest BCUT2D eigenvalue weighted by Gasteiger charge is -2.31. The number of nitrogens with zero attached hydrogens (tertiary/aromatic N) is 2. The van der Waals surface area contributed by atoms with Crippen molar-refractivity contribution >= 4 is 17.2 Å². The van der Waals surface area contributed by atoms with Crippen LogP contribution in [0.4, 0.5) is 0 Å². The number of aromatic nitrogens is 1. The van der Waals surface area contributed by atoms with Crippen molar-refractivity contribution in [2.75, 3.05) is 26.2 Å². The fourth-order valence-corrected chi connectivity index (χ4v) is 3.85. The molecule has 110 valence electrons. The summed E-state index contributed by atoms with van der Waals surface area (Å²) >= 11 is 1.57. The van der Waals surface area contributed by atoms with E-state index in [-0.39, 0.29) is 5.91 Å². The minimum absolute atomic E-state index is 0.0527. The number of morpholine rings is 1. The highest BCUT2D eigenvalue weighted by molar-refractivity contribution is 7.11. The summed E-state index contributed by atoms with van der Waals surface area (Å²) in [7, 11) is 0. The molecule has 6 heteroatoms. The Labute approximate surface area is 123 Å². The van der Waals surface area contributed by atoms with Crippen molar-refractivity contribution in [1.82, 2.24) is 15.2 Å². The van der Waals surface area contributed by atoms with E-state index in [2.05, 4.69) is 15.2 Å². The number of fused-ring (bicyclic) bond motifs is 2. The zero-order chi connectivity index (χ0) is 14.1. The molecule has 5 nitrogen and oxygen atoms in total. The van der Waals surface area contributed by atoms with Gasteiger partial charge in [-0.1, -0.05) is 0 Å². The number of nitrogens with one attached hydrogen (secondary N) is 1. The van der Waals surface area contributed by atoms with Crippen molar-refractivity contribution < 1.29 is 9.53 Å². The molecule has 2 bridgehead atoms. The molecule has 2 fully saturated rings. The van der Waals surface area contributed by atoms with E-state index in [9.17, 15) is 4.79 Å². The number of aryl methyl sites for hydroxylation is 2. The summed E-state index contributed by atoms with van der Waals surface area (Å²) in [6, 6.07) is 0. The van der Waals surface area contributed by atoms with E-state index in [0.717, 1.165) is 29.5 Å². The van der Waals surface area contributed by atoms with Crippen LogP contribution in [0, 0.1) is 13.8 Å². The molecule has 2 atom stereocenters. The van der Waals surface area contributed by atoms with E-state index >= 15 is 0 Å². The number of carbonyl (C=O) groups excluding carboxylic acids is 1. The minimum atomic E-state index is -0.0527. The van der Waals surface area contributed by atoms with Crippen LogP contribution in [0.2, 0.25) is 0 Å². The molecule has 2 aliphatic heterocycles. The molecule has 3 heterocycles. The predicted octanol–water partition coefficient (Wildman–Crippen LogP) is 1.35. The number of amides is 1. The van der Waals surface area contributed by atoms with Gasteiger partial charge >= 0.3 is 0 Å². The number of hydrogen-bond acceptors (Lipinski definition) is 5. The molecule has 3 rings (SSSR count). The Morgan fingerprint density at radius 3 is 2.70 bits per heavy atom. The van der Waals surface area contributed by atoms with Gasteiger partial charge in [0.15, 0.2) is 0 Å². The van der Waals surface area contributed by atoms with Crippen LogP contribution in [-0.2, 0) is 4.74 Å². The van der Waals surface area contributed by atoms with E-state index in [1.54, 1.807) is 11.3 Å². The molecule has 1 amide bonds. The molecular formula is C14H21N3O2S. The largest absolute Gasteiger partial charge is 0.372 e. The second-order valence-electron chi connectivity index (χ2n) is 5.61. The van der Waals surface area contributed by atoms with Gasteiger partial charge in [-0.2, -0.15) is 0 Å². The zero-order valence-corrected chi connectivity index (χ0v) is 12.8. The molecular weight excluding hydrogens is 274 g/mol. The first kappa shape index (κ1) is 14.0. The Morgan fingerprint density at radius 1 is 1.40 bits per heavy atom. The van der Waals surface area contributed by atoms with Gasteiger partial charge in [-0.05, 0) is 26.7 Å². The molecule has 2 aliphatic rings. The fraction of sp³-hybridized carbons (Fsp3) is 0.714. The maximum Gasteiger partial charge on any atom is 0.271 e. The second kappa shape index (κ2) is 5.79. The lowest BCUT2D eigenvalue weighted by atomic mass is 10.2. The Kier molecular flexibility index (Phi) is 4.05. The first-order valence-electron chi connectivity index (χ1n) is 7.22. The van der Waals surface area contributed by atoms with E-state index < -0.39 is 0 Å². The Hall–Kier alpha value is -0.980. The quantitative estimate of drug-likeness (QED) is 0.911. The van der Waals surface area contributed by atoms with Crippen molar-refractivity contribution in [2.24, 2.45) is 0 Å². The number of rotatable bonds is 4. The van der Waals surface area contributed by atoms with Crippen LogP contribution in [0.3, 0.4) is 0 Å². The fourth-order valence-electron chi connectivity index (χ4n) is 3.03. The van der Waals surface area contributed by atoms with Crippen LogP contribution in [0.1, 0.15) is 33.2 Å². The molecule has 0 saturated carbocycles. The average molecular weight is 295 g/mol. The smallest absolute Gasteiger partial charge is 0.271 e. The Balaban J connectivity index is 1.46. The van der Waals surface area contributed by atoms with Crippen molar-refractivity contribution in [1.29, 1.82) is 0 Å². The van der Waals surface area contributed by atoms with Gasteiger partial charge in [-0.15, -0.1) is 11.3 Å². The topological polar surface area (TPSA) is 54.5 Å². The molecule has 0 spiro atoms. The van der Waals surface area contributed by atoms with Gasteiger partial charge in [0.1, 0.15) is 5.69 Å². The maximum absolute atomic E-state index is 12.1. The van der Waals surface area contributed by atoms with Gasteiger partial charge in [0.25, 0.3) is 5.91 Å². The molecule has 1 aromatic rings. The number of thiazole rings is 1. The highest BCUT2D eigenvalue weighted by Gasteiger charge is 2.33. The van der Waals surface area contributed by atoms with E-state index in [4.69, 9.17) is 4.74 Å². The summed E-state index contributed by atoms with van der Waals surface area (Å²) < 4.78 is 5.81. The molecule has 2 saturated heterocycles. The van der Waals surface area contributed by atoms with Crippen LogP contribution in [0.15, 0.2) is 0 Å². The molecule has 0 aliphatic carbocycles. The van der Waals surface area contributed by atoms with E-state index in [1.165, 1.54) is 12.8 Å². The molecule has 2 unspecified atom stereocenters. The lowest BCUT2D eigenvalue weighted by molar-refractivity contribution is -0.0375. The van der Waals surface area contributed by atoms with E-state index in [1.807, 2.05) is 13.8 Å². The standard InChI is InChI=1S/C14H21N3O2S/c1-9-13(16-10(2)20-9)14(18)15-5-6-17-7-11-3-4-12(8-17)19-11/h11-12H,3-8H2,1-2H3,(H,15,18). The number of hydrogen-bond donors (Lipinski definition) is 1. The van der Waals surface area contributed by atoms with Crippen LogP contribution >= 0.6 is 11.3 Å². The molecule has 20 heavy (non-hydrogen) atoms. The van der Waals surface area contributed by atoms with E-state index in [0.29, 0.717) is 24.4 Å². The summed E-state index contributed by atoms with van der Waals surface area (Å²) in [6.45, 7) is 7.44. The number of ether oxygens (including phenoxy) is 1. The molecule has 0 radical (unpaired) electrons. The van der Waals surface area contributed by atoms with Crippen LogP contribution in [0.5, 0.6) is 0 Å². The highest BCUT2D eigenvalue weighted by Crippen LogP contribution is 2.25. The normalized spacial score (nSPS) is 25.9. The van der Waals surface area contributed by atoms with Gasteiger partial charge in [0, 0.05) is 31.1 Å². The Bertz CT molecular complexity index is 491. The minimum Gasteiger partial charge on any atom is -0.372 e. The third kappa shape index (κ3) is 3.02. The summed E-state index contributed by atoms with van der Waals surface area (Å²) in [4.78, 5) is 19.7. The van der Waals surface area contributed by atoms with Crippen molar-refractivity contribution in [3.63, 3.8) is 0 Å². The van der Waals surface area contributed by atoms with Crippen LogP contribution in [0.25, 0.3) is 0 Å². The lowest BCUT2D eigenvalue weighted by Crippen LogP contribution is -2.45. The Morgan fingerprint density at radius 2 is 2.10 bits per heavy atom. The molecule has 1 aromatic heterocycles. The van der Waals surface area contributed by atoms with Gasteiger partial charge in [0.05, 0.1) is 17.2 Å². The first-order chi connectivity index (χ1) is 9.61. The van der Waals surface area contributed by atoms with Crippen molar-refractivity contribution in [3.05, 3.63) is 15.6 Å². The number of carbonyl (C=O) groups is 1. The monoisotopic (exact) mass is 295 g/mol. The van der Waals surface area contributed by atoms with Crippen LogP contribution < -0.4 is 5.32 Å². The van der Waals surface area contributed by atoms with Gasteiger partial charge < -0.3 is 10.1 Å². The van der Waals surface area contributed by atoms with Gasteiger partial charge in [-0.3, -0.25) is 9.69 Å². The summed E-state index contributed by atoms with van der Waals surface area (Å²) in [5.41, 5.74) is 0.578. The summed E-state index contributed by atoms with van der Waals surface area (Å²) in [5.74, 6) is -0.0527. The van der Waals surface area contributed by atoms with Crippen molar-refractivity contribution in [2.45, 2.75) is 38.9 Å². The third-order valence-corrected chi connectivity index (χ3v) is 4.84. The van der Waals surface area contributed by atoms with Crippen molar-refractivity contribution in [3.8, 4) is 0 Å². The summed E-state index contributed by atoms with van der Waals surface area (Å²) in [6.07, 6.45) is 3.19. The second-order valence-corrected chi connectivity index (χ2v) is 7.02. The van der Waals surface area contributed by atoms with Gasteiger partial charge in [-0.25, -0.2) is 4.98 Å². The predicted molar refractivity (Wildman–Crippen MR) is 78.3 cm³/mol. The summed E-state index contributed by atoms with van der Waals surface area (Å²) in [5, 5.41) is 3.92. The highest BCUT2D eigenvalue weighted by atomic mass is 32.1. The average Bonchev–Trinajstić information content (AvgIpc) is 2.91.